The molecule has 0 aliphatic rings. The molecule has 1 aromatic heterocycles. The first-order chi connectivity index (χ1) is 12.2. The van der Waals surface area contributed by atoms with Gasteiger partial charge in [0.25, 0.3) is 0 Å². The van der Waals surface area contributed by atoms with Crippen LogP contribution in [0.15, 0.2) is 48.1 Å². The van der Waals surface area contributed by atoms with Crippen LogP contribution in [0.1, 0.15) is 13.3 Å². The number of rotatable bonds is 10. The van der Waals surface area contributed by atoms with Crippen molar-refractivity contribution in [2.45, 2.75) is 30.3 Å². The van der Waals surface area contributed by atoms with Gasteiger partial charge in [-0.3, -0.25) is 9.36 Å². The van der Waals surface area contributed by atoms with E-state index in [9.17, 15) is 4.79 Å². The van der Waals surface area contributed by atoms with E-state index in [0.717, 1.165) is 17.8 Å². The molecule has 1 N–H and O–H groups in total. The van der Waals surface area contributed by atoms with E-state index >= 15 is 0 Å². The summed E-state index contributed by atoms with van der Waals surface area (Å²) in [4.78, 5) is 12.2. The Labute approximate surface area is 152 Å². The monoisotopic (exact) mass is 360 g/mol. The van der Waals surface area contributed by atoms with Crippen LogP contribution in [0.2, 0.25) is 0 Å². The second-order valence-electron chi connectivity index (χ2n) is 5.47. The summed E-state index contributed by atoms with van der Waals surface area (Å²) in [6.07, 6.45) is 2.60. The van der Waals surface area contributed by atoms with Gasteiger partial charge in [0.1, 0.15) is 0 Å². The molecule has 0 radical (unpaired) electrons. The maximum absolute atomic E-state index is 12.2. The Morgan fingerprint density at radius 3 is 2.84 bits per heavy atom. The van der Waals surface area contributed by atoms with Crippen molar-refractivity contribution < 1.29 is 9.53 Å². The number of carbonyl (C=O) groups is 1. The molecule has 1 aromatic carbocycles. The van der Waals surface area contributed by atoms with Crippen molar-refractivity contribution in [1.29, 1.82) is 0 Å². The maximum Gasteiger partial charge on any atom is 0.233 e. The molecule has 0 spiro atoms. The van der Waals surface area contributed by atoms with Gasteiger partial charge in [-0.2, -0.15) is 0 Å². The molecule has 1 heterocycles. The number of hydrogen-bond acceptors (Lipinski definition) is 5. The Balaban J connectivity index is 2.07. The number of nitrogens with zero attached hydrogens (tertiary/aromatic N) is 3. The average molecular weight is 360 g/mol. The lowest BCUT2D eigenvalue weighted by Crippen LogP contribution is -2.32. The molecule has 1 unspecified atom stereocenters. The summed E-state index contributed by atoms with van der Waals surface area (Å²) < 4.78 is 6.95. The third-order valence-electron chi connectivity index (χ3n) is 3.54. The number of hydrogen-bond donors (Lipinski definition) is 1. The van der Waals surface area contributed by atoms with Crippen LogP contribution in [0, 0.1) is 0 Å². The predicted octanol–water partition coefficient (Wildman–Crippen LogP) is 2.76. The molecule has 1 atom stereocenters. The standard InChI is InChI=1S/C18H24N4O2S/c1-4-12-22-16(15-9-6-5-7-10-15)20-21-18(22)25-14(2)17(23)19-11-8-13-24-3/h4-7,9-10,14H,1,8,11-13H2,2-3H3,(H,19,23). The van der Waals surface area contributed by atoms with E-state index in [0.29, 0.717) is 24.9 Å². The highest BCUT2D eigenvalue weighted by Crippen LogP contribution is 2.26. The molecule has 1 amide bonds. The molecule has 0 aliphatic heterocycles. The van der Waals surface area contributed by atoms with Gasteiger partial charge in [-0.1, -0.05) is 48.2 Å². The van der Waals surface area contributed by atoms with Gasteiger partial charge in [0.15, 0.2) is 11.0 Å². The van der Waals surface area contributed by atoms with Crippen molar-refractivity contribution in [2.24, 2.45) is 0 Å². The molecular formula is C18H24N4O2S. The number of ether oxygens (including phenoxy) is 1. The van der Waals surface area contributed by atoms with Gasteiger partial charge in [0.05, 0.1) is 5.25 Å². The van der Waals surface area contributed by atoms with Gasteiger partial charge in [0, 0.05) is 32.4 Å². The van der Waals surface area contributed by atoms with Crippen LogP contribution in [0.25, 0.3) is 11.4 Å². The Hall–Kier alpha value is -2.12. The molecule has 7 heteroatoms. The van der Waals surface area contributed by atoms with Gasteiger partial charge in [0.2, 0.25) is 5.91 Å². The third kappa shape index (κ3) is 5.44. The van der Waals surface area contributed by atoms with Crippen LogP contribution in [0.5, 0.6) is 0 Å². The lowest BCUT2D eigenvalue weighted by atomic mass is 10.2. The largest absolute Gasteiger partial charge is 0.385 e. The molecule has 0 fully saturated rings. The highest BCUT2D eigenvalue weighted by Gasteiger charge is 2.20. The number of thioether (sulfide) groups is 1. The first-order valence-corrected chi connectivity index (χ1v) is 9.08. The highest BCUT2D eigenvalue weighted by molar-refractivity contribution is 8.00. The fourth-order valence-electron chi connectivity index (χ4n) is 2.25. The van der Waals surface area contributed by atoms with Crippen LogP contribution >= 0.6 is 11.8 Å². The minimum absolute atomic E-state index is 0.0180. The average Bonchev–Trinajstić information content (AvgIpc) is 3.02. The summed E-state index contributed by atoms with van der Waals surface area (Å²) in [6.45, 7) is 7.50. The molecular weight excluding hydrogens is 336 g/mol. The molecule has 0 saturated heterocycles. The smallest absolute Gasteiger partial charge is 0.233 e. The van der Waals surface area contributed by atoms with E-state index in [1.165, 1.54) is 11.8 Å². The molecule has 0 bridgehead atoms. The minimum atomic E-state index is -0.265. The van der Waals surface area contributed by atoms with Crippen molar-refractivity contribution in [3.05, 3.63) is 43.0 Å². The quantitative estimate of drug-likeness (QED) is 0.401. The summed E-state index contributed by atoms with van der Waals surface area (Å²) >= 11 is 1.40. The fraction of sp³-hybridized carbons (Fsp3) is 0.389. The Kier molecular flexibility index (Phi) is 7.69. The normalized spacial score (nSPS) is 11.9. The summed E-state index contributed by atoms with van der Waals surface area (Å²) in [7, 11) is 1.65. The molecule has 2 rings (SSSR count). The number of allylic oxidation sites excluding steroid dienone is 1. The van der Waals surface area contributed by atoms with Crippen molar-refractivity contribution in [1.82, 2.24) is 20.1 Å². The van der Waals surface area contributed by atoms with Crippen molar-refractivity contribution in [3.8, 4) is 11.4 Å². The number of aromatic nitrogens is 3. The number of benzene rings is 1. The van der Waals surface area contributed by atoms with Gasteiger partial charge < -0.3 is 10.1 Å². The van der Waals surface area contributed by atoms with Crippen LogP contribution in [-0.4, -0.2) is 46.2 Å². The molecule has 134 valence electrons. The van der Waals surface area contributed by atoms with Gasteiger partial charge in [-0.05, 0) is 13.3 Å². The van der Waals surface area contributed by atoms with E-state index in [1.54, 1.807) is 13.2 Å². The topological polar surface area (TPSA) is 69.0 Å². The SMILES string of the molecule is C=CCn1c(SC(C)C(=O)NCCCOC)nnc1-c1ccccc1. The van der Waals surface area contributed by atoms with Gasteiger partial charge in [-0.25, -0.2) is 0 Å². The zero-order valence-electron chi connectivity index (χ0n) is 14.6. The van der Waals surface area contributed by atoms with Crippen molar-refractivity contribution in [2.75, 3.05) is 20.3 Å². The zero-order valence-corrected chi connectivity index (χ0v) is 15.5. The summed E-state index contributed by atoms with van der Waals surface area (Å²) in [6, 6.07) is 9.87. The van der Waals surface area contributed by atoms with Crippen molar-refractivity contribution in [3.63, 3.8) is 0 Å². The summed E-state index contributed by atoms with van der Waals surface area (Å²) in [5.74, 6) is 0.756. The van der Waals surface area contributed by atoms with E-state index in [4.69, 9.17) is 4.74 Å². The molecule has 25 heavy (non-hydrogen) atoms. The molecule has 0 saturated carbocycles. The Morgan fingerprint density at radius 1 is 1.40 bits per heavy atom. The van der Waals surface area contributed by atoms with Gasteiger partial charge >= 0.3 is 0 Å². The first-order valence-electron chi connectivity index (χ1n) is 8.20. The lowest BCUT2D eigenvalue weighted by Gasteiger charge is -2.12. The van der Waals surface area contributed by atoms with Crippen LogP contribution < -0.4 is 5.32 Å². The molecule has 0 aliphatic carbocycles. The third-order valence-corrected chi connectivity index (χ3v) is 4.62. The summed E-state index contributed by atoms with van der Waals surface area (Å²) in [5.41, 5.74) is 0.986. The van der Waals surface area contributed by atoms with E-state index in [-0.39, 0.29) is 11.2 Å². The van der Waals surface area contributed by atoms with Crippen molar-refractivity contribution >= 4 is 17.7 Å². The number of amides is 1. The van der Waals surface area contributed by atoms with Crippen LogP contribution in [-0.2, 0) is 16.1 Å². The summed E-state index contributed by atoms with van der Waals surface area (Å²) in [5, 5.41) is 11.9. The molecule has 6 nitrogen and oxygen atoms in total. The highest BCUT2D eigenvalue weighted by atomic mass is 32.2. The van der Waals surface area contributed by atoms with Crippen LogP contribution in [0.3, 0.4) is 0 Å². The number of methoxy groups -OCH3 is 1. The van der Waals surface area contributed by atoms with E-state index in [1.807, 2.05) is 41.8 Å². The number of nitrogens with one attached hydrogen (secondary N) is 1. The Morgan fingerprint density at radius 2 is 2.16 bits per heavy atom. The number of carbonyl (C=O) groups excluding carboxylic acids is 1. The van der Waals surface area contributed by atoms with Crippen LogP contribution in [0.4, 0.5) is 0 Å². The second-order valence-corrected chi connectivity index (χ2v) is 6.78. The zero-order chi connectivity index (χ0) is 18.1. The lowest BCUT2D eigenvalue weighted by molar-refractivity contribution is -0.120. The second kappa shape index (κ2) is 10.0. The minimum Gasteiger partial charge on any atom is -0.385 e. The maximum atomic E-state index is 12.2. The Bertz CT molecular complexity index is 688. The first kappa shape index (κ1) is 19.2. The van der Waals surface area contributed by atoms with E-state index < -0.39 is 0 Å². The molecule has 2 aromatic rings. The van der Waals surface area contributed by atoms with E-state index in [2.05, 4.69) is 22.1 Å². The fourth-order valence-corrected chi connectivity index (χ4v) is 3.14. The predicted molar refractivity (Wildman–Crippen MR) is 100 cm³/mol. The van der Waals surface area contributed by atoms with Gasteiger partial charge in [-0.15, -0.1) is 16.8 Å².